The largest absolute Gasteiger partial charge is 0.490 e. The summed E-state index contributed by atoms with van der Waals surface area (Å²) < 4.78 is 11.6. The summed E-state index contributed by atoms with van der Waals surface area (Å²) in [5, 5.41) is 15.9. The van der Waals surface area contributed by atoms with E-state index in [2.05, 4.69) is 15.8 Å². The predicted molar refractivity (Wildman–Crippen MR) is 147 cm³/mol. The summed E-state index contributed by atoms with van der Waals surface area (Å²) in [7, 11) is 0. The van der Waals surface area contributed by atoms with Crippen LogP contribution in [0.3, 0.4) is 0 Å². The van der Waals surface area contributed by atoms with Crippen LogP contribution in [0.4, 0.5) is 0 Å². The summed E-state index contributed by atoms with van der Waals surface area (Å²) >= 11 is 2.01. The zero-order valence-corrected chi connectivity index (χ0v) is 22.2. The summed E-state index contributed by atoms with van der Waals surface area (Å²) in [5.74, 6) is -1.07. The second kappa shape index (κ2) is 14.0. The van der Waals surface area contributed by atoms with E-state index in [1.807, 2.05) is 59.0 Å². The number of halogens is 1. The van der Waals surface area contributed by atoms with Crippen LogP contribution in [0.25, 0.3) is 0 Å². The van der Waals surface area contributed by atoms with Crippen molar-refractivity contribution in [2.75, 3.05) is 13.2 Å². The molecule has 3 aromatic carbocycles. The highest BCUT2D eigenvalue weighted by molar-refractivity contribution is 14.1. The topological polar surface area (TPSA) is 126 Å². The molecule has 0 aliphatic carbocycles. The summed E-state index contributed by atoms with van der Waals surface area (Å²) in [5.41, 5.74) is 4.40. The van der Waals surface area contributed by atoms with Gasteiger partial charge in [-0.05, 0) is 64.9 Å². The number of rotatable bonds is 12. The minimum absolute atomic E-state index is 0.0242. The van der Waals surface area contributed by atoms with Gasteiger partial charge in [0.2, 0.25) is 5.91 Å². The number of amides is 2. The van der Waals surface area contributed by atoms with Gasteiger partial charge in [-0.25, -0.2) is 10.2 Å². The van der Waals surface area contributed by atoms with Crippen molar-refractivity contribution < 1.29 is 29.0 Å². The molecule has 0 unspecified atom stereocenters. The molecule has 0 bridgehead atoms. The third kappa shape index (κ3) is 8.60. The van der Waals surface area contributed by atoms with Crippen molar-refractivity contribution in [3.8, 4) is 11.5 Å². The third-order valence-corrected chi connectivity index (χ3v) is 5.81. The molecule has 0 fully saturated rings. The fraction of sp³-hybridized carbons (Fsp3) is 0.185. The van der Waals surface area contributed by atoms with Crippen LogP contribution in [0.2, 0.25) is 0 Å². The first-order valence-corrected chi connectivity index (χ1v) is 12.5. The van der Waals surface area contributed by atoms with Crippen molar-refractivity contribution in [3.05, 3.63) is 93.1 Å². The van der Waals surface area contributed by atoms with Crippen molar-refractivity contribution in [1.82, 2.24) is 10.7 Å². The molecule has 192 valence electrons. The normalized spacial score (nSPS) is 11.5. The average molecular weight is 615 g/mol. The van der Waals surface area contributed by atoms with Gasteiger partial charge in [0, 0.05) is 5.56 Å². The van der Waals surface area contributed by atoms with Gasteiger partial charge in [0.15, 0.2) is 18.1 Å². The van der Waals surface area contributed by atoms with E-state index >= 15 is 0 Å². The number of carboxylic acids is 1. The molecule has 3 N–H and O–H groups in total. The number of aliphatic carboxylic acids is 1. The minimum Gasteiger partial charge on any atom is -0.490 e. The van der Waals surface area contributed by atoms with Crippen molar-refractivity contribution >= 4 is 46.6 Å². The van der Waals surface area contributed by atoms with E-state index in [0.717, 1.165) is 5.56 Å². The Balaban J connectivity index is 1.69. The van der Waals surface area contributed by atoms with Crippen molar-refractivity contribution in [2.45, 2.75) is 19.4 Å². The molecule has 37 heavy (non-hydrogen) atoms. The highest BCUT2D eigenvalue weighted by Crippen LogP contribution is 2.34. The first-order chi connectivity index (χ1) is 17.9. The predicted octanol–water partition coefficient (Wildman–Crippen LogP) is 4.16. The zero-order chi connectivity index (χ0) is 26.6. The Morgan fingerprint density at radius 3 is 2.35 bits per heavy atom. The van der Waals surface area contributed by atoms with Gasteiger partial charge in [0.05, 0.1) is 28.9 Å². The van der Waals surface area contributed by atoms with Crippen LogP contribution < -0.4 is 20.2 Å². The number of hydrogen-bond acceptors (Lipinski definition) is 6. The molecule has 3 rings (SSSR count). The van der Waals surface area contributed by atoms with E-state index in [4.69, 9.17) is 14.6 Å². The van der Waals surface area contributed by atoms with E-state index < -0.39 is 18.6 Å². The van der Waals surface area contributed by atoms with E-state index in [-0.39, 0.29) is 18.2 Å². The van der Waals surface area contributed by atoms with Gasteiger partial charge in [0.1, 0.15) is 0 Å². The van der Waals surface area contributed by atoms with Crippen LogP contribution in [0.1, 0.15) is 40.9 Å². The lowest BCUT2D eigenvalue weighted by Crippen LogP contribution is -2.32. The summed E-state index contributed by atoms with van der Waals surface area (Å²) in [6.45, 7) is 1.66. The van der Waals surface area contributed by atoms with Crippen LogP contribution in [-0.4, -0.2) is 42.3 Å². The Kier molecular flexibility index (Phi) is 10.4. The molecule has 3 aromatic rings. The number of carbonyl (C=O) groups excluding carboxylic acids is 2. The molecule has 0 aliphatic heterocycles. The number of carboxylic acid groups (broad SMARTS) is 1. The first-order valence-electron chi connectivity index (χ1n) is 11.4. The van der Waals surface area contributed by atoms with Gasteiger partial charge in [0.25, 0.3) is 5.91 Å². The van der Waals surface area contributed by atoms with Gasteiger partial charge in [-0.2, -0.15) is 5.10 Å². The van der Waals surface area contributed by atoms with Crippen LogP contribution in [0.15, 0.2) is 77.9 Å². The number of nitrogens with one attached hydrogen (secondary N) is 2. The number of hydrazone groups is 1. The van der Waals surface area contributed by atoms with Crippen molar-refractivity contribution in [3.63, 3.8) is 0 Å². The Labute approximate surface area is 228 Å². The zero-order valence-electron chi connectivity index (χ0n) is 20.0. The van der Waals surface area contributed by atoms with Gasteiger partial charge < -0.3 is 19.9 Å². The number of hydrogen-bond donors (Lipinski definition) is 3. The van der Waals surface area contributed by atoms with Crippen LogP contribution in [-0.2, 0) is 9.59 Å². The quantitative estimate of drug-likeness (QED) is 0.160. The maximum Gasteiger partial charge on any atom is 0.341 e. The average Bonchev–Trinajstić information content (AvgIpc) is 2.89. The summed E-state index contributed by atoms with van der Waals surface area (Å²) in [6, 6.07) is 20.8. The fourth-order valence-electron chi connectivity index (χ4n) is 3.38. The molecule has 0 aliphatic rings. The van der Waals surface area contributed by atoms with E-state index in [9.17, 15) is 14.4 Å². The molecular formula is C27H26IN3O6. The second-order valence-corrected chi connectivity index (χ2v) is 8.91. The molecule has 0 heterocycles. The number of carbonyl (C=O) groups is 3. The number of benzene rings is 3. The highest BCUT2D eigenvalue weighted by atomic mass is 127. The molecule has 0 radical (unpaired) electrons. The van der Waals surface area contributed by atoms with E-state index in [1.54, 1.807) is 43.3 Å². The molecular weight excluding hydrogens is 589 g/mol. The highest BCUT2D eigenvalue weighted by Gasteiger charge is 2.19. The molecule has 9 nitrogen and oxygen atoms in total. The smallest absolute Gasteiger partial charge is 0.341 e. The maximum atomic E-state index is 12.7. The van der Waals surface area contributed by atoms with Gasteiger partial charge >= 0.3 is 5.97 Å². The molecule has 0 saturated carbocycles. The first kappa shape index (κ1) is 27.7. The Morgan fingerprint density at radius 1 is 1.03 bits per heavy atom. The summed E-state index contributed by atoms with van der Waals surface area (Å²) in [6.07, 6.45) is 1.42. The Bertz CT molecular complexity index is 1250. The molecule has 10 heteroatoms. The van der Waals surface area contributed by atoms with Crippen LogP contribution >= 0.6 is 22.6 Å². The monoisotopic (exact) mass is 615 g/mol. The lowest BCUT2D eigenvalue weighted by Gasteiger charge is -2.18. The lowest BCUT2D eigenvalue weighted by atomic mass is 10.0. The van der Waals surface area contributed by atoms with Crippen molar-refractivity contribution in [2.24, 2.45) is 5.10 Å². The molecule has 0 spiro atoms. The van der Waals surface area contributed by atoms with Gasteiger partial charge in [-0.1, -0.05) is 48.5 Å². The maximum absolute atomic E-state index is 12.7. The third-order valence-electron chi connectivity index (χ3n) is 5.01. The van der Waals surface area contributed by atoms with Crippen LogP contribution in [0.5, 0.6) is 11.5 Å². The fourth-order valence-corrected chi connectivity index (χ4v) is 4.16. The van der Waals surface area contributed by atoms with Gasteiger partial charge in [-0.3, -0.25) is 9.59 Å². The summed E-state index contributed by atoms with van der Waals surface area (Å²) in [4.78, 5) is 36.3. The lowest BCUT2D eigenvalue weighted by molar-refractivity contribution is -0.139. The standard InChI is InChI=1S/C27H26IN3O6/c1-2-36-23-14-18(13-21(28)26(23)37-17-25(33)34)16-29-31-24(32)15-22(19-9-5-3-6-10-19)30-27(35)20-11-7-4-8-12-20/h3-14,16,22H,2,15,17H2,1H3,(H,30,35)(H,31,32)(H,33,34)/b29-16-/t22-/m1/s1. The molecule has 0 aromatic heterocycles. The number of ether oxygens (including phenoxy) is 2. The Hall–Kier alpha value is -3.93. The SMILES string of the molecule is CCOc1cc(/C=N\NC(=O)C[C@@H](NC(=O)c2ccccc2)c2ccccc2)cc(I)c1OCC(=O)O. The van der Waals surface area contributed by atoms with Crippen LogP contribution in [0, 0.1) is 3.57 Å². The molecule has 2 amide bonds. The molecule has 0 saturated heterocycles. The van der Waals surface area contributed by atoms with E-state index in [0.29, 0.717) is 32.8 Å². The van der Waals surface area contributed by atoms with Gasteiger partial charge in [-0.15, -0.1) is 0 Å². The Morgan fingerprint density at radius 2 is 1.70 bits per heavy atom. The molecule has 1 atom stereocenters. The number of nitrogens with zero attached hydrogens (tertiary/aromatic N) is 1. The van der Waals surface area contributed by atoms with E-state index in [1.165, 1.54) is 6.21 Å². The van der Waals surface area contributed by atoms with Crippen molar-refractivity contribution in [1.29, 1.82) is 0 Å². The second-order valence-electron chi connectivity index (χ2n) is 7.75. The minimum atomic E-state index is -1.10.